The number of nitrogens with one attached hydrogen (secondary N) is 1. The van der Waals surface area contributed by atoms with Crippen LogP contribution in [0, 0.1) is 16.7 Å². The Labute approximate surface area is 166 Å². The highest BCUT2D eigenvalue weighted by Crippen LogP contribution is 2.59. The minimum atomic E-state index is -0.594. The molecule has 1 saturated carbocycles. The Morgan fingerprint density at radius 3 is 2.54 bits per heavy atom. The fraction of sp³-hybridized carbons (Fsp3) is 0.591. The topological polar surface area (TPSA) is 75.7 Å². The van der Waals surface area contributed by atoms with Crippen molar-refractivity contribution < 1.29 is 19.1 Å². The second-order valence-corrected chi connectivity index (χ2v) is 8.65. The third kappa shape index (κ3) is 3.40. The number of piperidine rings is 1. The molecule has 6 heteroatoms. The molecule has 2 aliphatic rings. The molecule has 3 rings (SSSR count). The van der Waals surface area contributed by atoms with Gasteiger partial charge in [0.15, 0.2) is 0 Å². The molecule has 1 aromatic rings. The summed E-state index contributed by atoms with van der Waals surface area (Å²) >= 11 is 0. The van der Waals surface area contributed by atoms with Gasteiger partial charge in [-0.15, -0.1) is 0 Å². The van der Waals surface area contributed by atoms with Gasteiger partial charge in [0.05, 0.1) is 12.0 Å². The van der Waals surface area contributed by atoms with Gasteiger partial charge in [-0.3, -0.25) is 19.3 Å². The third-order valence-electron chi connectivity index (χ3n) is 6.71. The first kappa shape index (κ1) is 20.4. The molecule has 1 saturated heterocycles. The number of carbonyl (C=O) groups excluding carboxylic acids is 3. The van der Waals surface area contributed by atoms with Crippen LogP contribution < -0.4 is 10.1 Å². The number of hydrogen-bond acceptors (Lipinski definition) is 4. The molecule has 0 spiro atoms. The first-order chi connectivity index (χ1) is 13.2. The van der Waals surface area contributed by atoms with Gasteiger partial charge in [-0.05, 0) is 48.9 Å². The first-order valence-corrected chi connectivity index (χ1v) is 10.1. The highest BCUT2D eigenvalue weighted by molar-refractivity contribution is 6.07. The van der Waals surface area contributed by atoms with Crippen LogP contribution in [0.5, 0.6) is 5.75 Å². The normalized spacial score (nSPS) is 25.7. The van der Waals surface area contributed by atoms with E-state index >= 15 is 0 Å². The largest absolute Gasteiger partial charge is 0.494 e. The van der Waals surface area contributed by atoms with Crippen LogP contribution in [-0.4, -0.2) is 35.8 Å². The Morgan fingerprint density at radius 1 is 1.21 bits per heavy atom. The predicted octanol–water partition coefficient (Wildman–Crippen LogP) is 3.62. The van der Waals surface area contributed by atoms with Crippen molar-refractivity contribution in [3.05, 3.63) is 24.3 Å². The summed E-state index contributed by atoms with van der Waals surface area (Å²) in [5.41, 5.74) is -0.357. The second kappa shape index (κ2) is 7.57. The fourth-order valence-electron chi connectivity index (χ4n) is 4.36. The van der Waals surface area contributed by atoms with Gasteiger partial charge in [-0.2, -0.15) is 0 Å². The summed E-state index contributed by atoms with van der Waals surface area (Å²) < 4.78 is 5.61. The first-order valence-electron chi connectivity index (χ1n) is 10.1. The average Bonchev–Trinajstić information content (AvgIpc) is 2.84. The lowest BCUT2D eigenvalue weighted by Gasteiger charge is -2.47. The van der Waals surface area contributed by atoms with E-state index in [0.29, 0.717) is 25.1 Å². The highest BCUT2D eigenvalue weighted by Gasteiger charge is 2.64. The van der Waals surface area contributed by atoms with E-state index in [2.05, 4.69) is 12.2 Å². The van der Waals surface area contributed by atoms with Gasteiger partial charge >= 0.3 is 0 Å². The number of benzene rings is 1. The van der Waals surface area contributed by atoms with Crippen molar-refractivity contribution in [2.24, 2.45) is 16.7 Å². The summed E-state index contributed by atoms with van der Waals surface area (Å²) in [6, 6.07) is 7.11. The Kier molecular flexibility index (Phi) is 5.50. The fourth-order valence-corrected chi connectivity index (χ4v) is 4.36. The molecule has 28 heavy (non-hydrogen) atoms. The number of likely N-dealkylation sites (tertiary alicyclic amines) is 1. The number of ether oxygens (including phenoxy) is 1. The third-order valence-corrected chi connectivity index (χ3v) is 6.71. The molecular weight excluding hydrogens is 356 g/mol. The van der Waals surface area contributed by atoms with E-state index in [9.17, 15) is 14.4 Å². The predicted molar refractivity (Wildman–Crippen MR) is 107 cm³/mol. The molecule has 2 unspecified atom stereocenters. The zero-order valence-electron chi connectivity index (χ0n) is 17.2. The number of carbonyl (C=O) groups is 3. The zero-order valence-corrected chi connectivity index (χ0v) is 17.2. The molecule has 2 atom stereocenters. The molecule has 1 heterocycles. The van der Waals surface area contributed by atoms with Crippen molar-refractivity contribution in [3.63, 3.8) is 0 Å². The van der Waals surface area contributed by atoms with Crippen molar-refractivity contribution in [2.45, 2.75) is 53.4 Å². The maximum atomic E-state index is 13.0. The van der Waals surface area contributed by atoms with E-state index in [0.717, 1.165) is 23.5 Å². The number of unbranched alkanes of at least 4 members (excludes halogenated alkanes) is 1. The molecular formula is C22H30N2O4. The number of rotatable bonds is 7. The van der Waals surface area contributed by atoms with Gasteiger partial charge in [-0.25, -0.2) is 0 Å². The van der Waals surface area contributed by atoms with Crippen molar-refractivity contribution in [1.29, 1.82) is 0 Å². The van der Waals surface area contributed by atoms with E-state index in [1.54, 1.807) is 24.3 Å². The standard InChI is InChI=1S/C22H30N2O4/c1-5-6-13-28-16-9-7-15(8-10-16)23-18(25)14-24-19(26)17-11-12-22(4,20(24)27)21(17,2)3/h7-10,17H,5-6,11-14H2,1-4H3,(H,23,25). The van der Waals surface area contributed by atoms with E-state index in [-0.39, 0.29) is 35.6 Å². The maximum absolute atomic E-state index is 13.0. The number of fused-ring (bicyclic) bond motifs is 2. The summed E-state index contributed by atoms with van der Waals surface area (Å²) in [5.74, 6) is -0.281. The molecule has 2 bridgehead atoms. The van der Waals surface area contributed by atoms with Gasteiger partial charge in [0.25, 0.3) is 0 Å². The highest BCUT2D eigenvalue weighted by atomic mass is 16.5. The summed E-state index contributed by atoms with van der Waals surface area (Å²) in [4.78, 5) is 39.4. The molecule has 1 aromatic carbocycles. The van der Waals surface area contributed by atoms with Gasteiger partial charge in [0.2, 0.25) is 17.7 Å². The van der Waals surface area contributed by atoms with E-state index in [1.807, 2.05) is 20.8 Å². The molecule has 2 fully saturated rings. The molecule has 0 aromatic heterocycles. The lowest BCUT2D eigenvalue weighted by Crippen LogP contribution is -2.60. The SMILES string of the molecule is CCCCOc1ccc(NC(=O)CN2C(=O)C3CCC(C)(C2=O)C3(C)C)cc1. The summed E-state index contributed by atoms with van der Waals surface area (Å²) in [5, 5.41) is 2.77. The summed E-state index contributed by atoms with van der Waals surface area (Å²) in [6.45, 7) is 8.42. The number of hydrogen-bond donors (Lipinski definition) is 1. The summed E-state index contributed by atoms with van der Waals surface area (Å²) in [6.07, 6.45) is 3.45. The van der Waals surface area contributed by atoms with Crippen LogP contribution in [0.3, 0.4) is 0 Å². The minimum absolute atomic E-state index is 0.206. The van der Waals surface area contributed by atoms with Crippen molar-refractivity contribution >= 4 is 23.4 Å². The van der Waals surface area contributed by atoms with Crippen LogP contribution in [0.25, 0.3) is 0 Å². The quantitative estimate of drug-likeness (QED) is 0.574. The monoisotopic (exact) mass is 386 g/mol. The molecule has 6 nitrogen and oxygen atoms in total. The van der Waals surface area contributed by atoms with Crippen LogP contribution in [-0.2, 0) is 14.4 Å². The number of imide groups is 1. The lowest BCUT2D eigenvalue weighted by molar-refractivity contribution is -0.168. The number of anilines is 1. The Morgan fingerprint density at radius 2 is 1.89 bits per heavy atom. The van der Waals surface area contributed by atoms with Gasteiger partial charge in [0, 0.05) is 11.6 Å². The van der Waals surface area contributed by atoms with Crippen LogP contribution in [0.1, 0.15) is 53.4 Å². The summed E-state index contributed by atoms with van der Waals surface area (Å²) in [7, 11) is 0. The Balaban J connectivity index is 1.62. The van der Waals surface area contributed by atoms with Gasteiger partial charge in [-0.1, -0.05) is 34.1 Å². The molecule has 3 amide bonds. The number of amides is 3. The maximum Gasteiger partial charge on any atom is 0.244 e. The molecule has 0 radical (unpaired) electrons. The molecule has 152 valence electrons. The Hall–Kier alpha value is -2.37. The van der Waals surface area contributed by atoms with Crippen LogP contribution in [0.4, 0.5) is 5.69 Å². The van der Waals surface area contributed by atoms with Crippen LogP contribution in [0.15, 0.2) is 24.3 Å². The van der Waals surface area contributed by atoms with Crippen LogP contribution >= 0.6 is 0 Å². The average molecular weight is 386 g/mol. The molecule has 1 aliphatic carbocycles. The minimum Gasteiger partial charge on any atom is -0.494 e. The van der Waals surface area contributed by atoms with E-state index in [1.165, 1.54) is 0 Å². The van der Waals surface area contributed by atoms with Crippen LogP contribution in [0.2, 0.25) is 0 Å². The molecule has 1 aliphatic heterocycles. The van der Waals surface area contributed by atoms with Crippen molar-refractivity contribution in [1.82, 2.24) is 4.90 Å². The van der Waals surface area contributed by atoms with Crippen molar-refractivity contribution in [3.8, 4) is 5.75 Å². The Bertz CT molecular complexity index is 771. The van der Waals surface area contributed by atoms with Gasteiger partial charge in [0.1, 0.15) is 12.3 Å². The van der Waals surface area contributed by atoms with E-state index < -0.39 is 5.41 Å². The van der Waals surface area contributed by atoms with Gasteiger partial charge < -0.3 is 10.1 Å². The van der Waals surface area contributed by atoms with E-state index in [4.69, 9.17) is 4.74 Å². The molecule has 1 N–H and O–H groups in total. The zero-order chi connectivity index (χ0) is 20.5. The van der Waals surface area contributed by atoms with Crippen molar-refractivity contribution in [2.75, 3.05) is 18.5 Å². The smallest absolute Gasteiger partial charge is 0.244 e. The number of nitrogens with zero attached hydrogens (tertiary/aromatic N) is 1. The second-order valence-electron chi connectivity index (χ2n) is 8.65. The lowest BCUT2D eigenvalue weighted by atomic mass is 9.62.